The fourth-order valence-electron chi connectivity index (χ4n) is 2.49. The van der Waals surface area contributed by atoms with Crippen molar-refractivity contribution in [2.75, 3.05) is 13.1 Å². The van der Waals surface area contributed by atoms with Crippen molar-refractivity contribution < 1.29 is 9.90 Å². The third-order valence-electron chi connectivity index (χ3n) is 3.74. The summed E-state index contributed by atoms with van der Waals surface area (Å²) in [6.45, 7) is 5.18. The van der Waals surface area contributed by atoms with Gasteiger partial charge in [0.1, 0.15) is 0 Å². The summed E-state index contributed by atoms with van der Waals surface area (Å²) in [5.74, 6) is 0.227. The first-order valence-electron chi connectivity index (χ1n) is 6.52. The number of aryl methyl sites for hydroxylation is 1. The summed E-state index contributed by atoms with van der Waals surface area (Å²) in [6, 6.07) is 3.60. The number of piperidine rings is 1. The van der Waals surface area contributed by atoms with Crippen LogP contribution in [0, 0.1) is 12.8 Å². The number of nitrogens with zero attached hydrogens (tertiary/aromatic N) is 2. The smallest absolute Gasteiger partial charge is 0.255 e. The van der Waals surface area contributed by atoms with E-state index in [1.165, 1.54) is 0 Å². The zero-order chi connectivity index (χ0) is 13.1. The Morgan fingerprint density at radius 3 is 3.06 bits per heavy atom. The monoisotopic (exact) mass is 248 g/mol. The lowest BCUT2D eigenvalue weighted by Gasteiger charge is -2.36. The largest absolute Gasteiger partial charge is 0.393 e. The third kappa shape index (κ3) is 2.53. The highest BCUT2D eigenvalue weighted by Crippen LogP contribution is 2.22. The fraction of sp³-hybridized carbons (Fsp3) is 0.571. The van der Waals surface area contributed by atoms with Crippen LogP contribution in [0.3, 0.4) is 0 Å². The molecule has 0 radical (unpaired) electrons. The van der Waals surface area contributed by atoms with E-state index in [0.717, 1.165) is 12.1 Å². The molecule has 0 aliphatic carbocycles. The molecule has 0 spiro atoms. The molecule has 1 saturated heterocycles. The first kappa shape index (κ1) is 13.0. The molecular formula is C14H20N2O2. The third-order valence-corrected chi connectivity index (χ3v) is 3.74. The van der Waals surface area contributed by atoms with Gasteiger partial charge in [-0.2, -0.15) is 0 Å². The van der Waals surface area contributed by atoms with Crippen molar-refractivity contribution in [1.29, 1.82) is 0 Å². The summed E-state index contributed by atoms with van der Waals surface area (Å²) in [5.41, 5.74) is 1.44. The minimum Gasteiger partial charge on any atom is -0.393 e. The van der Waals surface area contributed by atoms with Crippen LogP contribution >= 0.6 is 0 Å². The zero-order valence-corrected chi connectivity index (χ0v) is 11.0. The number of aliphatic hydroxyl groups excluding tert-OH is 1. The quantitative estimate of drug-likeness (QED) is 0.865. The Labute approximate surface area is 108 Å². The van der Waals surface area contributed by atoms with Gasteiger partial charge in [-0.15, -0.1) is 0 Å². The molecule has 18 heavy (non-hydrogen) atoms. The molecule has 4 heteroatoms. The number of hydrogen-bond acceptors (Lipinski definition) is 3. The van der Waals surface area contributed by atoms with Crippen molar-refractivity contribution >= 4 is 5.91 Å². The number of aliphatic hydroxyl groups is 1. The molecule has 98 valence electrons. The lowest BCUT2D eigenvalue weighted by Crippen LogP contribution is -2.46. The number of aromatic nitrogens is 1. The van der Waals surface area contributed by atoms with Gasteiger partial charge in [-0.05, 0) is 31.9 Å². The number of pyridine rings is 1. The molecule has 1 fully saturated rings. The van der Waals surface area contributed by atoms with Crippen LogP contribution in [0.2, 0.25) is 0 Å². The molecule has 2 unspecified atom stereocenters. The summed E-state index contributed by atoms with van der Waals surface area (Å²) in [4.78, 5) is 18.4. The molecule has 4 nitrogen and oxygen atoms in total. The van der Waals surface area contributed by atoms with E-state index in [-0.39, 0.29) is 17.9 Å². The van der Waals surface area contributed by atoms with Crippen molar-refractivity contribution in [3.63, 3.8) is 0 Å². The highest BCUT2D eigenvalue weighted by molar-refractivity contribution is 5.95. The van der Waals surface area contributed by atoms with Crippen LogP contribution in [0.25, 0.3) is 0 Å². The molecular weight excluding hydrogens is 228 g/mol. The Bertz CT molecular complexity index is 434. The molecule has 1 aliphatic rings. The lowest BCUT2D eigenvalue weighted by atomic mass is 9.92. The normalized spacial score (nSPS) is 24.1. The van der Waals surface area contributed by atoms with Crippen LogP contribution in [-0.2, 0) is 0 Å². The van der Waals surface area contributed by atoms with Crippen LogP contribution < -0.4 is 0 Å². The van der Waals surface area contributed by atoms with E-state index < -0.39 is 0 Å². The average Bonchev–Trinajstić information content (AvgIpc) is 2.39. The Balaban J connectivity index is 2.13. The summed E-state index contributed by atoms with van der Waals surface area (Å²) in [7, 11) is 0. The molecule has 0 saturated carbocycles. The van der Waals surface area contributed by atoms with Gasteiger partial charge < -0.3 is 10.0 Å². The number of carbonyl (C=O) groups is 1. The van der Waals surface area contributed by atoms with Crippen molar-refractivity contribution in [3.05, 3.63) is 29.6 Å². The van der Waals surface area contributed by atoms with Crippen LogP contribution in [0.5, 0.6) is 0 Å². The fourth-order valence-corrected chi connectivity index (χ4v) is 2.49. The molecule has 0 aromatic carbocycles. The van der Waals surface area contributed by atoms with Crippen molar-refractivity contribution in [2.24, 2.45) is 5.92 Å². The molecule has 1 aliphatic heterocycles. The Hall–Kier alpha value is -1.42. The van der Waals surface area contributed by atoms with Crippen LogP contribution in [0.4, 0.5) is 0 Å². The van der Waals surface area contributed by atoms with E-state index >= 15 is 0 Å². The molecule has 1 aromatic heterocycles. The number of amides is 1. The van der Waals surface area contributed by atoms with E-state index in [0.29, 0.717) is 25.1 Å². The maximum absolute atomic E-state index is 12.4. The maximum Gasteiger partial charge on any atom is 0.255 e. The van der Waals surface area contributed by atoms with Gasteiger partial charge in [0.05, 0.1) is 11.7 Å². The molecule has 1 aromatic rings. The number of hydrogen-bond donors (Lipinski definition) is 1. The number of rotatable bonds is 2. The van der Waals surface area contributed by atoms with Crippen molar-refractivity contribution in [2.45, 2.75) is 32.8 Å². The second-order valence-corrected chi connectivity index (χ2v) is 4.91. The van der Waals surface area contributed by atoms with Crippen LogP contribution in [0.1, 0.15) is 35.8 Å². The Kier molecular flexibility index (Phi) is 3.97. The molecule has 0 bridgehead atoms. The first-order chi connectivity index (χ1) is 8.63. The van der Waals surface area contributed by atoms with Gasteiger partial charge in [-0.25, -0.2) is 0 Å². The van der Waals surface area contributed by atoms with E-state index in [1.807, 2.05) is 17.9 Å². The maximum atomic E-state index is 12.4. The highest BCUT2D eigenvalue weighted by atomic mass is 16.3. The highest BCUT2D eigenvalue weighted by Gasteiger charge is 2.29. The van der Waals surface area contributed by atoms with Crippen LogP contribution in [0.15, 0.2) is 18.3 Å². The summed E-state index contributed by atoms with van der Waals surface area (Å²) < 4.78 is 0. The van der Waals surface area contributed by atoms with Crippen molar-refractivity contribution in [3.8, 4) is 0 Å². The van der Waals surface area contributed by atoms with Gasteiger partial charge in [0.25, 0.3) is 5.91 Å². The van der Waals surface area contributed by atoms with Gasteiger partial charge in [0.15, 0.2) is 0 Å². The Morgan fingerprint density at radius 2 is 2.39 bits per heavy atom. The second-order valence-electron chi connectivity index (χ2n) is 4.91. The standard InChI is InChI=1S/C14H20N2O2/c1-3-11-9-16(8-6-13(11)17)14(18)12-5-4-7-15-10(12)2/h4-5,7,11,13,17H,3,6,8-9H2,1-2H3. The summed E-state index contributed by atoms with van der Waals surface area (Å²) in [6.07, 6.45) is 3.00. The van der Waals surface area contributed by atoms with Gasteiger partial charge in [0.2, 0.25) is 0 Å². The zero-order valence-electron chi connectivity index (χ0n) is 11.0. The minimum atomic E-state index is -0.269. The predicted molar refractivity (Wildman–Crippen MR) is 69.3 cm³/mol. The Morgan fingerprint density at radius 1 is 1.61 bits per heavy atom. The van der Waals surface area contributed by atoms with Gasteiger partial charge >= 0.3 is 0 Å². The van der Waals surface area contributed by atoms with Gasteiger partial charge in [-0.1, -0.05) is 6.92 Å². The molecule has 1 amide bonds. The average molecular weight is 248 g/mol. The van der Waals surface area contributed by atoms with Crippen LogP contribution in [-0.4, -0.2) is 40.1 Å². The topological polar surface area (TPSA) is 53.4 Å². The first-order valence-corrected chi connectivity index (χ1v) is 6.52. The van der Waals surface area contributed by atoms with Crippen molar-refractivity contribution in [1.82, 2.24) is 9.88 Å². The van der Waals surface area contributed by atoms with E-state index in [9.17, 15) is 9.90 Å². The molecule has 1 N–H and O–H groups in total. The van der Waals surface area contributed by atoms with Gasteiger partial charge in [0, 0.05) is 30.9 Å². The number of likely N-dealkylation sites (tertiary alicyclic amines) is 1. The van der Waals surface area contributed by atoms with Gasteiger partial charge in [-0.3, -0.25) is 9.78 Å². The number of carbonyl (C=O) groups excluding carboxylic acids is 1. The summed E-state index contributed by atoms with van der Waals surface area (Å²) >= 11 is 0. The van der Waals surface area contributed by atoms with E-state index in [1.54, 1.807) is 12.3 Å². The molecule has 2 heterocycles. The molecule has 2 rings (SSSR count). The molecule has 2 atom stereocenters. The minimum absolute atomic E-state index is 0.0333. The summed E-state index contributed by atoms with van der Waals surface area (Å²) in [5, 5.41) is 9.84. The van der Waals surface area contributed by atoms with E-state index in [4.69, 9.17) is 0 Å². The van der Waals surface area contributed by atoms with E-state index in [2.05, 4.69) is 11.9 Å². The second kappa shape index (κ2) is 5.48. The predicted octanol–water partition coefficient (Wildman–Crippen LogP) is 1.62. The lowest BCUT2D eigenvalue weighted by molar-refractivity contribution is 0.0228. The SMILES string of the molecule is CCC1CN(C(=O)c2cccnc2C)CCC1O.